The lowest BCUT2D eigenvalue weighted by Gasteiger charge is -2.22. The fourth-order valence-corrected chi connectivity index (χ4v) is 4.66. The highest BCUT2D eigenvalue weighted by Crippen LogP contribution is 2.36. The van der Waals surface area contributed by atoms with Gasteiger partial charge in [-0.2, -0.15) is 9.78 Å². The van der Waals surface area contributed by atoms with Gasteiger partial charge >= 0.3 is 5.97 Å². The third-order valence-corrected chi connectivity index (χ3v) is 6.25. The average Bonchev–Trinajstić information content (AvgIpc) is 2.82. The van der Waals surface area contributed by atoms with Crippen LogP contribution in [0, 0.1) is 0 Å². The normalized spacial score (nSPS) is 14.6. The second kappa shape index (κ2) is 10.2. The number of ether oxygens (including phenoxy) is 2. The molecule has 0 bridgehead atoms. The van der Waals surface area contributed by atoms with E-state index in [1.54, 1.807) is 24.4 Å². The van der Waals surface area contributed by atoms with Crippen LogP contribution in [0.4, 0.5) is 0 Å². The summed E-state index contributed by atoms with van der Waals surface area (Å²) < 4.78 is 12.6. The van der Waals surface area contributed by atoms with Gasteiger partial charge in [0.1, 0.15) is 5.82 Å². The van der Waals surface area contributed by atoms with Crippen LogP contribution >= 0.6 is 15.9 Å². The zero-order valence-corrected chi connectivity index (χ0v) is 19.7. The maximum absolute atomic E-state index is 13.3. The van der Waals surface area contributed by atoms with Gasteiger partial charge < -0.3 is 14.6 Å². The maximum atomic E-state index is 13.3. The molecule has 1 N–H and O–H groups in total. The van der Waals surface area contributed by atoms with Gasteiger partial charge in [-0.25, -0.2) is 9.78 Å². The number of para-hydroxylation sites is 1. The number of aromatic nitrogens is 2. The Bertz CT molecular complexity index is 1260. The van der Waals surface area contributed by atoms with Crippen LogP contribution in [0.25, 0.3) is 10.9 Å². The van der Waals surface area contributed by atoms with Gasteiger partial charge in [0, 0.05) is 5.92 Å². The van der Waals surface area contributed by atoms with E-state index < -0.39 is 12.6 Å². The molecule has 0 atom stereocenters. The third kappa shape index (κ3) is 5.08. The van der Waals surface area contributed by atoms with E-state index in [0.29, 0.717) is 32.5 Å². The number of methoxy groups -OCH3 is 1. The molecule has 0 saturated heterocycles. The number of halogens is 1. The first-order valence-electron chi connectivity index (χ1n) is 10.8. The maximum Gasteiger partial charge on any atom is 0.341 e. The topological polar surface area (TPSA) is 103 Å². The van der Waals surface area contributed by atoms with Gasteiger partial charge in [-0.05, 0) is 58.6 Å². The Balaban J connectivity index is 1.76. The van der Waals surface area contributed by atoms with Crippen LogP contribution in [-0.2, 0) is 4.79 Å². The quantitative estimate of drug-likeness (QED) is 0.464. The predicted molar refractivity (Wildman–Crippen MR) is 129 cm³/mol. The molecule has 0 radical (unpaired) electrons. The van der Waals surface area contributed by atoms with E-state index in [-0.39, 0.29) is 17.2 Å². The number of carboxylic acids is 1. The van der Waals surface area contributed by atoms with E-state index in [1.165, 1.54) is 18.2 Å². The molecule has 8 nitrogen and oxygen atoms in total. The molecule has 0 aliphatic heterocycles. The molecule has 0 spiro atoms. The van der Waals surface area contributed by atoms with E-state index in [0.717, 1.165) is 25.7 Å². The Kier molecular flexibility index (Phi) is 7.08. The lowest BCUT2D eigenvalue weighted by molar-refractivity contribution is -0.139. The van der Waals surface area contributed by atoms with E-state index in [1.807, 2.05) is 18.2 Å². The Morgan fingerprint density at radius 3 is 2.76 bits per heavy atom. The van der Waals surface area contributed by atoms with Crippen LogP contribution in [0.3, 0.4) is 0 Å². The van der Waals surface area contributed by atoms with Crippen LogP contribution in [0.2, 0.25) is 0 Å². The number of hydrogen-bond acceptors (Lipinski definition) is 6. The minimum Gasteiger partial charge on any atom is -0.493 e. The van der Waals surface area contributed by atoms with Crippen molar-refractivity contribution in [1.82, 2.24) is 9.66 Å². The molecule has 2 aromatic carbocycles. The fraction of sp³-hybridized carbons (Fsp3) is 0.333. The Hall–Kier alpha value is -3.20. The molecule has 33 heavy (non-hydrogen) atoms. The first-order valence-corrected chi connectivity index (χ1v) is 11.6. The number of carbonyl (C=O) groups is 1. The second-order valence-electron chi connectivity index (χ2n) is 7.90. The molecule has 1 aromatic heterocycles. The number of benzene rings is 2. The average molecular weight is 514 g/mol. The summed E-state index contributed by atoms with van der Waals surface area (Å²) in [5.41, 5.74) is 1.12. The molecule has 9 heteroatoms. The van der Waals surface area contributed by atoms with Crippen molar-refractivity contribution in [3.63, 3.8) is 0 Å². The lowest BCUT2D eigenvalue weighted by Crippen LogP contribution is -2.25. The summed E-state index contributed by atoms with van der Waals surface area (Å²) in [7, 11) is 1.47. The van der Waals surface area contributed by atoms with Crippen molar-refractivity contribution in [1.29, 1.82) is 0 Å². The highest BCUT2D eigenvalue weighted by Gasteiger charge is 2.22. The number of carboxylic acid groups (broad SMARTS) is 1. The van der Waals surface area contributed by atoms with Crippen molar-refractivity contribution >= 4 is 39.0 Å². The fourth-order valence-electron chi connectivity index (χ4n) is 4.09. The van der Waals surface area contributed by atoms with Crippen molar-refractivity contribution in [2.45, 2.75) is 38.0 Å². The summed E-state index contributed by atoms with van der Waals surface area (Å²) in [6.07, 6.45) is 6.95. The molecule has 0 unspecified atom stereocenters. The Morgan fingerprint density at radius 1 is 1.27 bits per heavy atom. The van der Waals surface area contributed by atoms with Crippen molar-refractivity contribution < 1.29 is 19.4 Å². The first kappa shape index (κ1) is 23.0. The number of rotatable bonds is 7. The highest BCUT2D eigenvalue weighted by atomic mass is 79.9. The summed E-state index contributed by atoms with van der Waals surface area (Å²) in [5.74, 6) is 0.407. The van der Waals surface area contributed by atoms with Crippen molar-refractivity contribution in [2.24, 2.45) is 5.10 Å². The van der Waals surface area contributed by atoms with Gasteiger partial charge in [-0.15, -0.1) is 0 Å². The van der Waals surface area contributed by atoms with Gasteiger partial charge in [-0.3, -0.25) is 4.79 Å². The van der Waals surface area contributed by atoms with Gasteiger partial charge in [0.25, 0.3) is 5.56 Å². The molecule has 1 heterocycles. The molecule has 1 aliphatic rings. The molecule has 0 amide bonds. The number of aliphatic carboxylic acids is 1. The molecular formula is C24H24BrN3O5. The molecule has 3 aromatic rings. The van der Waals surface area contributed by atoms with Gasteiger partial charge in [0.05, 0.1) is 28.7 Å². The predicted octanol–water partition coefficient (Wildman–Crippen LogP) is 4.56. The molecule has 4 rings (SSSR count). The van der Waals surface area contributed by atoms with Crippen LogP contribution in [0.1, 0.15) is 49.4 Å². The Labute approximate surface area is 199 Å². The Morgan fingerprint density at radius 2 is 2.03 bits per heavy atom. The van der Waals surface area contributed by atoms with Crippen molar-refractivity contribution in [2.75, 3.05) is 13.7 Å². The van der Waals surface area contributed by atoms with Crippen LogP contribution in [0.15, 0.2) is 50.8 Å². The highest BCUT2D eigenvalue weighted by molar-refractivity contribution is 9.10. The standard InChI is InChI=1S/C24H24BrN3O5/c1-32-20-12-15(11-18(25)22(20)33-14-21(29)30)13-26-28-23(16-7-3-2-4-8-16)27-19-10-6-5-9-17(19)24(28)31/h5-6,9-13,16H,2-4,7-8,14H2,1H3,(H,29,30). The third-order valence-electron chi connectivity index (χ3n) is 5.66. The zero-order valence-electron chi connectivity index (χ0n) is 18.2. The summed E-state index contributed by atoms with van der Waals surface area (Å²) in [5, 5.41) is 13.9. The van der Waals surface area contributed by atoms with E-state index in [2.05, 4.69) is 21.0 Å². The van der Waals surface area contributed by atoms with Crippen molar-refractivity contribution in [3.05, 3.63) is 62.6 Å². The van der Waals surface area contributed by atoms with Crippen LogP contribution in [-0.4, -0.2) is 40.7 Å². The van der Waals surface area contributed by atoms with Gasteiger partial charge in [-0.1, -0.05) is 31.4 Å². The minimum absolute atomic E-state index is 0.182. The smallest absolute Gasteiger partial charge is 0.341 e. The second-order valence-corrected chi connectivity index (χ2v) is 8.75. The molecular weight excluding hydrogens is 490 g/mol. The number of nitrogens with zero attached hydrogens (tertiary/aromatic N) is 3. The molecule has 172 valence electrons. The largest absolute Gasteiger partial charge is 0.493 e. The minimum atomic E-state index is -1.09. The molecule has 1 aliphatic carbocycles. The lowest BCUT2D eigenvalue weighted by atomic mass is 9.88. The summed E-state index contributed by atoms with van der Waals surface area (Å²) >= 11 is 3.40. The number of hydrogen-bond donors (Lipinski definition) is 1. The zero-order chi connectivity index (χ0) is 23.4. The van der Waals surface area contributed by atoms with Crippen LogP contribution in [0.5, 0.6) is 11.5 Å². The van der Waals surface area contributed by atoms with Crippen molar-refractivity contribution in [3.8, 4) is 11.5 Å². The van der Waals surface area contributed by atoms with E-state index in [9.17, 15) is 9.59 Å². The van der Waals surface area contributed by atoms with E-state index in [4.69, 9.17) is 19.6 Å². The SMILES string of the molecule is COc1cc(C=Nn2c(C3CCCCC3)nc3ccccc3c2=O)cc(Br)c1OCC(=O)O. The van der Waals surface area contributed by atoms with Crippen LogP contribution < -0.4 is 15.0 Å². The number of fused-ring (bicyclic) bond motifs is 1. The molecule has 1 fully saturated rings. The van der Waals surface area contributed by atoms with E-state index >= 15 is 0 Å². The molecule has 1 saturated carbocycles. The van der Waals surface area contributed by atoms with Gasteiger partial charge in [0.15, 0.2) is 18.1 Å². The monoisotopic (exact) mass is 513 g/mol. The first-order chi connectivity index (χ1) is 16.0. The van der Waals surface area contributed by atoms with Gasteiger partial charge in [0.2, 0.25) is 0 Å². The summed E-state index contributed by atoms with van der Waals surface area (Å²) in [4.78, 5) is 29.0. The summed E-state index contributed by atoms with van der Waals surface area (Å²) in [6, 6.07) is 10.7. The summed E-state index contributed by atoms with van der Waals surface area (Å²) in [6.45, 7) is -0.495.